The minimum atomic E-state index is -5.56. The third kappa shape index (κ3) is 5.34. The number of amides is 1. The van der Waals surface area contributed by atoms with Gasteiger partial charge in [0.05, 0.1) is 12.1 Å². The molecule has 1 rings (SSSR count). The Kier molecular flexibility index (Phi) is 5.14. The maximum Gasteiger partial charge on any atom is 0.423 e. The van der Waals surface area contributed by atoms with Crippen LogP contribution in [-0.4, -0.2) is 42.6 Å². The van der Waals surface area contributed by atoms with Gasteiger partial charge in [0, 0.05) is 6.04 Å². The van der Waals surface area contributed by atoms with Crippen molar-refractivity contribution in [1.29, 1.82) is 0 Å². The first kappa shape index (κ1) is 18.0. The van der Waals surface area contributed by atoms with Gasteiger partial charge >= 0.3 is 12.4 Å². The number of primary amides is 1. The summed E-state index contributed by atoms with van der Waals surface area (Å²) >= 11 is 0. The highest BCUT2D eigenvalue weighted by Gasteiger charge is 2.58. The van der Waals surface area contributed by atoms with Crippen LogP contribution >= 0.6 is 0 Å². The van der Waals surface area contributed by atoms with E-state index in [1.165, 1.54) is 6.92 Å². The molecule has 1 atom stereocenters. The number of halogens is 6. The number of alkyl halides is 6. The van der Waals surface area contributed by atoms with Crippen molar-refractivity contribution in [2.24, 2.45) is 5.73 Å². The maximum absolute atomic E-state index is 12.3. The standard InChI is InChI=1S/C11H16F6N2O2/c1-9(8(18)20,19-6-2-3-6)4-5-21-7(10(12,13)14)11(15,16)17/h6-7,19H,2-5H2,1H3,(H2,18,20). The Morgan fingerprint density at radius 1 is 1.24 bits per heavy atom. The monoisotopic (exact) mass is 322 g/mol. The fraction of sp³-hybridized carbons (Fsp3) is 0.909. The molecule has 21 heavy (non-hydrogen) atoms. The van der Waals surface area contributed by atoms with Crippen LogP contribution in [0.3, 0.4) is 0 Å². The number of ether oxygens (including phenoxy) is 1. The zero-order valence-corrected chi connectivity index (χ0v) is 11.1. The van der Waals surface area contributed by atoms with E-state index in [-0.39, 0.29) is 12.5 Å². The van der Waals surface area contributed by atoms with Crippen molar-refractivity contribution in [3.05, 3.63) is 0 Å². The molecular formula is C11H16F6N2O2. The van der Waals surface area contributed by atoms with Gasteiger partial charge in [0.25, 0.3) is 0 Å². The fourth-order valence-electron chi connectivity index (χ4n) is 1.70. The van der Waals surface area contributed by atoms with Gasteiger partial charge in [-0.2, -0.15) is 26.3 Å². The van der Waals surface area contributed by atoms with Crippen LogP contribution in [0.2, 0.25) is 0 Å². The number of hydrogen-bond acceptors (Lipinski definition) is 3. The van der Waals surface area contributed by atoms with Crippen LogP contribution in [0.25, 0.3) is 0 Å². The molecule has 0 aromatic carbocycles. The first-order valence-corrected chi connectivity index (χ1v) is 6.19. The minimum Gasteiger partial charge on any atom is -0.368 e. The molecule has 3 N–H and O–H groups in total. The van der Waals surface area contributed by atoms with Crippen molar-refractivity contribution in [2.45, 2.75) is 56.2 Å². The van der Waals surface area contributed by atoms with Gasteiger partial charge in [0.15, 0.2) is 0 Å². The van der Waals surface area contributed by atoms with Crippen LogP contribution in [0.15, 0.2) is 0 Å². The number of nitrogens with two attached hydrogens (primary N) is 1. The number of rotatable bonds is 7. The summed E-state index contributed by atoms with van der Waals surface area (Å²) in [7, 11) is 0. The molecule has 0 bridgehead atoms. The molecule has 0 spiro atoms. The van der Waals surface area contributed by atoms with Crippen molar-refractivity contribution in [3.63, 3.8) is 0 Å². The van der Waals surface area contributed by atoms with Crippen molar-refractivity contribution >= 4 is 5.91 Å². The van der Waals surface area contributed by atoms with Crippen molar-refractivity contribution in [3.8, 4) is 0 Å². The average molecular weight is 322 g/mol. The summed E-state index contributed by atoms with van der Waals surface area (Å²) in [5.74, 6) is -0.853. The molecule has 0 aromatic heterocycles. The van der Waals surface area contributed by atoms with Gasteiger partial charge in [-0.1, -0.05) is 0 Å². The summed E-state index contributed by atoms with van der Waals surface area (Å²) in [5.41, 5.74) is 3.73. The molecule has 0 radical (unpaired) electrons. The van der Waals surface area contributed by atoms with Crippen molar-refractivity contribution in [2.75, 3.05) is 6.61 Å². The molecule has 1 fully saturated rings. The molecule has 4 nitrogen and oxygen atoms in total. The second-order valence-electron chi connectivity index (χ2n) is 5.20. The Hall–Kier alpha value is -1.03. The van der Waals surface area contributed by atoms with E-state index in [0.717, 1.165) is 12.8 Å². The summed E-state index contributed by atoms with van der Waals surface area (Å²) < 4.78 is 77.5. The van der Waals surface area contributed by atoms with E-state index in [2.05, 4.69) is 10.1 Å². The Balaban J connectivity index is 2.61. The SMILES string of the molecule is CC(CCOC(C(F)(F)F)C(F)(F)F)(NC1CC1)C(N)=O. The molecule has 1 saturated carbocycles. The topological polar surface area (TPSA) is 64.3 Å². The molecule has 10 heteroatoms. The molecule has 1 aliphatic rings. The van der Waals surface area contributed by atoms with Crippen LogP contribution in [0.4, 0.5) is 26.3 Å². The molecule has 1 amide bonds. The summed E-state index contributed by atoms with van der Waals surface area (Å²) in [6, 6.07) is 0.00327. The third-order valence-electron chi connectivity index (χ3n) is 3.13. The second-order valence-corrected chi connectivity index (χ2v) is 5.20. The molecule has 1 aliphatic carbocycles. The summed E-state index contributed by atoms with van der Waals surface area (Å²) in [6.07, 6.45) is -13.8. The van der Waals surface area contributed by atoms with Gasteiger partial charge in [0.2, 0.25) is 12.0 Å². The third-order valence-corrected chi connectivity index (χ3v) is 3.13. The molecular weight excluding hydrogens is 306 g/mol. The highest BCUT2D eigenvalue weighted by Crippen LogP contribution is 2.36. The van der Waals surface area contributed by atoms with E-state index in [0.29, 0.717) is 0 Å². The van der Waals surface area contributed by atoms with E-state index >= 15 is 0 Å². The van der Waals surface area contributed by atoms with Gasteiger partial charge in [-0.3, -0.25) is 4.79 Å². The lowest BCUT2D eigenvalue weighted by molar-refractivity contribution is -0.322. The Morgan fingerprint density at radius 2 is 1.71 bits per heavy atom. The van der Waals surface area contributed by atoms with Crippen molar-refractivity contribution in [1.82, 2.24) is 5.32 Å². The lowest BCUT2D eigenvalue weighted by atomic mass is 9.97. The van der Waals surface area contributed by atoms with Crippen LogP contribution in [0.5, 0.6) is 0 Å². The smallest absolute Gasteiger partial charge is 0.368 e. The van der Waals surface area contributed by atoms with Crippen LogP contribution in [0, 0.1) is 0 Å². The van der Waals surface area contributed by atoms with Gasteiger partial charge in [-0.25, -0.2) is 0 Å². The number of nitrogens with one attached hydrogen (secondary N) is 1. The molecule has 0 heterocycles. The van der Waals surface area contributed by atoms with Crippen molar-refractivity contribution < 1.29 is 35.9 Å². The second kappa shape index (κ2) is 5.99. The number of carbonyl (C=O) groups is 1. The maximum atomic E-state index is 12.3. The Labute approximate surface area is 117 Å². The fourth-order valence-corrected chi connectivity index (χ4v) is 1.70. The van der Waals surface area contributed by atoms with E-state index in [1.54, 1.807) is 0 Å². The quantitative estimate of drug-likeness (QED) is 0.704. The molecule has 0 aromatic rings. The first-order chi connectivity index (χ1) is 9.36. The van der Waals surface area contributed by atoms with Crippen LogP contribution in [0.1, 0.15) is 26.2 Å². The number of carbonyl (C=O) groups excluding carboxylic acids is 1. The molecule has 1 unspecified atom stereocenters. The average Bonchev–Trinajstić information content (AvgIpc) is 3.04. The van der Waals surface area contributed by atoms with Gasteiger partial charge in [-0.05, 0) is 26.2 Å². The van der Waals surface area contributed by atoms with Gasteiger partial charge in [-0.15, -0.1) is 0 Å². The summed E-state index contributed by atoms with van der Waals surface area (Å²) in [4.78, 5) is 11.3. The van der Waals surface area contributed by atoms with E-state index < -0.39 is 36.5 Å². The Bertz CT molecular complexity index is 366. The highest BCUT2D eigenvalue weighted by atomic mass is 19.4. The lowest BCUT2D eigenvalue weighted by Crippen LogP contribution is -2.55. The van der Waals surface area contributed by atoms with E-state index in [9.17, 15) is 31.1 Å². The van der Waals surface area contributed by atoms with Gasteiger partial charge < -0.3 is 15.8 Å². The van der Waals surface area contributed by atoms with Gasteiger partial charge in [0.1, 0.15) is 0 Å². The van der Waals surface area contributed by atoms with Crippen LogP contribution < -0.4 is 11.1 Å². The predicted octanol–water partition coefficient (Wildman–Crippen LogP) is 1.88. The lowest BCUT2D eigenvalue weighted by Gasteiger charge is -2.29. The molecule has 124 valence electrons. The summed E-state index contributed by atoms with van der Waals surface area (Å²) in [6.45, 7) is 0.427. The van der Waals surface area contributed by atoms with Crippen LogP contribution in [-0.2, 0) is 9.53 Å². The molecule has 0 aliphatic heterocycles. The minimum absolute atomic E-state index is 0.00327. The normalized spacial score (nSPS) is 19.6. The summed E-state index contributed by atoms with van der Waals surface area (Å²) in [5, 5.41) is 2.80. The van der Waals surface area contributed by atoms with E-state index in [4.69, 9.17) is 5.73 Å². The van der Waals surface area contributed by atoms with E-state index in [1.807, 2.05) is 0 Å². The largest absolute Gasteiger partial charge is 0.423 e. The zero-order valence-electron chi connectivity index (χ0n) is 11.1. The zero-order chi connectivity index (χ0) is 16.5. The number of hydrogen-bond donors (Lipinski definition) is 2. The first-order valence-electron chi connectivity index (χ1n) is 6.19. The molecule has 0 saturated heterocycles. The Morgan fingerprint density at radius 3 is 2.05 bits per heavy atom. The highest BCUT2D eigenvalue weighted by molar-refractivity contribution is 5.84. The predicted molar refractivity (Wildman–Crippen MR) is 60.2 cm³/mol.